The molecule has 0 unspecified atom stereocenters. The molecular formula is C17H14Cl2N3O2S. The normalized spacial score (nSPS) is 11.6. The zero-order valence-corrected chi connectivity index (χ0v) is 15.3. The van der Waals surface area contributed by atoms with Crippen LogP contribution in [0.4, 0.5) is 5.69 Å². The van der Waals surface area contributed by atoms with E-state index in [2.05, 4.69) is 12.0 Å². The molecule has 0 fully saturated rings. The van der Waals surface area contributed by atoms with Gasteiger partial charge in [-0.3, -0.25) is 0 Å². The average molecular weight is 395 g/mol. The molecule has 129 valence electrons. The zero-order chi connectivity index (χ0) is 18.2. The number of nitrogens with zero attached hydrogens (tertiary/aromatic N) is 2. The van der Waals surface area contributed by atoms with E-state index in [1.54, 1.807) is 24.3 Å². The first-order valence-corrected chi connectivity index (χ1v) is 9.48. The molecule has 1 heterocycles. The van der Waals surface area contributed by atoms with Gasteiger partial charge in [0.15, 0.2) is 0 Å². The summed E-state index contributed by atoms with van der Waals surface area (Å²) in [6.07, 6.45) is 0.254. The van der Waals surface area contributed by atoms with E-state index in [4.69, 9.17) is 28.9 Å². The highest BCUT2D eigenvalue weighted by atomic mass is 35.5. The Balaban J connectivity index is 2.25. The van der Waals surface area contributed by atoms with Crippen LogP contribution in [-0.4, -0.2) is 17.6 Å². The predicted octanol–water partition coefficient (Wildman–Crippen LogP) is 4.05. The van der Waals surface area contributed by atoms with Gasteiger partial charge in [-0.25, -0.2) is 0 Å². The lowest BCUT2D eigenvalue weighted by Gasteiger charge is -2.10. The maximum absolute atomic E-state index is 13.0. The van der Waals surface area contributed by atoms with Gasteiger partial charge in [0.25, 0.3) is 10.0 Å². The topological polar surface area (TPSA) is 78.0 Å². The lowest BCUT2D eigenvalue weighted by Crippen LogP contribution is -2.16. The Morgan fingerprint density at radius 1 is 1.04 bits per heavy atom. The van der Waals surface area contributed by atoms with Crippen molar-refractivity contribution in [2.45, 2.75) is 11.3 Å². The number of rotatable bonds is 4. The maximum atomic E-state index is 13.0. The first-order valence-electron chi connectivity index (χ1n) is 7.28. The van der Waals surface area contributed by atoms with Crippen molar-refractivity contribution >= 4 is 38.9 Å². The second-order valence-corrected chi connectivity index (χ2v) is 7.87. The van der Waals surface area contributed by atoms with E-state index >= 15 is 0 Å². The second kappa shape index (κ2) is 6.71. The number of anilines is 1. The fourth-order valence-electron chi connectivity index (χ4n) is 2.34. The molecule has 25 heavy (non-hydrogen) atoms. The third-order valence-corrected chi connectivity index (χ3v) is 5.86. The smallest absolute Gasteiger partial charge is 0.283 e. The Morgan fingerprint density at radius 2 is 1.64 bits per heavy atom. The van der Waals surface area contributed by atoms with Crippen LogP contribution in [0.15, 0.2) is 53.4 Å². The van der Waals surface area contributed by atoms with E-state index in [0.717, 1.165) is 4.09 Å². The number of benzene rings is 2. The van der Waals surface area contributed by atoms with Crippen molar-refractivity contribution in [3.63, 3.8) is 0 Å². The largest absolute Gasteiger partial charge is 0.399 e. The molecule has 3 aromatic rings. The average Bonchev–Trinajstić information content (AvgIpc) is 2.93. The number of nitrogen functional groups attached to an aromatic ring is 1. The summed E-state index contributed by atoms with van der Waals surface area (Å²) in [6, 6.07) is 12.6. The van der Waals surface area contributed by atoms with Gasteiger partial charge in [0, 0.05) is 16.3 Å². The molecular weight excluding hydrogens is 381 g/mol. The summed E-state index contributed by atoms with van der Waals surface area (Å²) in [7, 11) is -3.95. The lowest BCUT2D eigenvalue weighted by atomic mass is 10.1. The lowest BCUT2D eigenvalue weighted by molar-refractivity contribution is 0.580. The zero-order valence-electron chi connectivity index (χ0n) is 13.0. The van der Waals surface area contributed by atoms with Crippen molar-refractivity contribution in [3.05, 3.63) is 71.2 Å². The summed E-state index contributed by atoms with van der Waals surface area (Å²) in [5, 5.41) is 4.95. The van der Waals surface area contributed by atoms with E-state index < -0.39 is 10.0 Å². The van der Waals surface area contributed by atoms with Gasteiger partial charge in [0.1, 0.15) is 5.69 Å². The van der Waals surface area contributed by atoms with E-state index in [1.807, 2.05) is 0 Å². The number of nitrogens with two attached hydrogens (primary N) is 1. The molecule has 0 bridgehead atoms. The van der Waals surface area contributed by atoms with Gasteiger partial charge in [-0.15, -0.1) is 0 Å². The van der Waals surface area contributed by atoms with Crippen LogP contribution in [0.2, 0.25) is 10.0 Å². The minimum absolute atomic E-state index is 0.0618. The Bertz CT molecular complexity index is 1010. The fourth-order valence-corrected chi connectivity index (χ4v) is 4.16. The van der Waals surface area contributed by atoms with Crippen LogP contribution in [0.25, 0.3) is 11.3 Å². The third kappa shape index (κ3) is 3.25. The monoisotopic (exact) mass is 394 g/mol. The Hall–Kier alpha value is -2.02. The first-order chi connectivity index (χ1) is 11.8. The quantitative estimate of drug-likeness (QED) is 0.676. The second-order valence-electron chi connectivity index (χ2n) is 5.28. The van der Waals surface area contributed by atoms with Crippen LogP contribution >= 0.6 is 23.2 Å². The van der Waals surface area contributed by atoms with Crippen LogP contribution in [0.5, 0.6) is 0 Å². The summed E-state index contributed by atoms with van der Waals surface area (Å²) >= 11 is 12.3. The minimum Gasteiger partial charge on any atom is -0.399 e. The summed E-state index contributed by atoms with van der Waals surface area (Å²) in [5.74, 6) is 0. The third-order valence-electron chi connectivity index (χ3n) is 3.62. The van der Waals surface area contributed by atoms with Crippen LogP contribution in [-0.2, 0) is 16.4 Å². The molecule has 0 saturated carbocycles. The maximum Gasteiger partial charge on any atom is 0.283 e. The van der Waals surface area contributed by atoms with Crippen LogP contribution < -0.4 is 5.73 Å². The highest BCUT2D eigenvalue weighted by Gasteiger charge is 2.26. The molecule has 1 aromatic heterocycles. The molecule has 0 aliphatic carbocycles. The van der Waals surface area contributed by atoms with Crippen LogP contribution in [0.3, 0.4) is 0 Å². The van der Waals surface area contributed by atoms with Crippen molar-refractivity contribution in [3.8, 4) is 11.3 Å². The molecule has 0 atom stereocenters. The molecule has 8 heteroatoms. The van der Waals surface area contributed by atoms with Gasteiger partial charge < -0.3 is 5.73 Å². The van der Waals surface area contributed by atoms with Crippen LogP contribution in [0.1, 0.15) is 5.69 Å². The Labute approximate surface area is 156 Å². The standard InChI is InChI=1S/C17H14Cl2N3O2S/c1-2-15-16(19)17(11-3-5-12(18)6-4-11)22(21-15)25(23,24)14-9-7-13(20)8-10-14/h3-10H,1-2,20H2. The number of aromatic nitrogens is 2. The molecule has 0 spiro atoms. The highest BCUT2D eigenvalue weighted by Crippen LogP contribution is 2.34. The summed E-state index contributed by atoms with van der Waals surface area (Å²) < 4.78 is 27.0. The molecule has 2 aromatic carbocycles. The van der Waals surface area contributed by atoms with Gasteiger partial charge in [-0.1, -0.05) is 35.3 Å². The Kier molecular flexibility index (Phi) is 4.77. The number of halogens is 2. The van der Waals surface area contributed by atoms with Crippen molar-refractivity contribution < 1.29 is 8.42 Å². The molecule has 2 N–H and O–H groups in total. The summed E-state index contributed by atoms with van der Waals surface area (Å²) in [6.45, 7) is 3.75. The summed E-state index contributed by atoms with van der Waals surface area (Å²) in [4.78, 5) is 0.0618. The summed E-state index contributed by atoms with van der Waals surface area (Å²) in [5.41, 5.74) is 7.35. The SMILES string of the molecule is [CH2]Cc1nn(S(=O)(=O)c2ccc(N)cc2)c(-c2ccc(Cl)cc2)c1Cl. The predicted molar refractivity (Wildman–Crippen MR) is 100 cm³/mol. The molecule has 3 rings (SSSR count). The fraction of sp³-hybridized carbons (Fsp3) is 0.0588. The molecule has 0 amide bonds. The minimum atomic E-state index is -3.95. The number of hydrogen-bond acceptors (Lipinski definition) is 4. The Morgan fingerprint density at radius 3 is 2.20 bits per heavy atom. The van der Waals surface area contributed by atoms with Gasteiger partial charge in [0.05, 0.1) is 15.6 Å². The van der Waals surface area contributed by atoms with Crippen molar-refractivity contribution in [1.29, 1.82) is 0 Å². The van der Waals surface area contributed by atoms with Crippen molar-refractivity contribution in [1.82, 2.24) is 9.19 Å². The van der Waals surface area contributed by atoms with Crippen molar-refractivity contribution in [2.24, 2.45) is 0 Å². The molecule has 5 nitrogen and oxygen atoms in total. The molecule has 0 aliphatic rings. The molecule has 0 saturated heterocycles. The van der Waals surface area contributed by atoms with Crippen molar-refractivity contribution in [2.75, 3.05) is 5.73 Å². The molecule has 1 radical (unpaired) electrons. The van der Waals surface area contributed by atoms with Gasteiger partial charge >= 0.3 is 0 Å². The van der Waals surface area contributed by atoms with E-state index in [0.29, 0.717) is 22.0 Å². The first kappa shape index (κ1) is 17.8. The molecule has 0 aliphatic heterocycles. The van der Waals surface area contributed by atoms with Gasteiger partial charge in [-0.2, -0.15) is 17.6 Å². The van der Waals surface area contributed by atoms with Crippen LogP contribution in [0, 0.1) is 6.92 Å². The van der Waals surface area contributed by atoms with E-state index in [1.165, 1.54) is 24.3 Å². The highest BCUT2D eigenvalue weighted by molar-refractivity contribution is 7.90. The number of hydrogen-bond donors (Lipinski definition) is 1. The van der Waals surface area contributed by atoms with E-state index in [-0.39, 0.29) is 22.0 Å². The van der Waals surface area contributed by atoms with Gasteiger partial charge in [0.2, 0.25) is 0 Å². The van der Waals surface area contributed by atoms with Gasteiger partial charge in [-0.05, 0) is 49.7 Å². The van der Waals surface area contributed by atoms with E-state index in [9.17, 15) is 8.42 Å².